The molecule has 1 unspecified atom stereocenters. The molecule has 0 spiro atoms. The lowest BCUT2D eigenvalue weighted by Gasteiger charge is -2.24. The zero-order valence-electron chi connectivity index (χ0n) is 10.3. The molecule has 1 fully saturated rings. The van der Waals surface area contributed by atoms with Crippen LogP contribution in [0.15, 0.2) is 0 Å². The zero-order valence-corrected chi connectivity index (χ0v) is 10.3. The molecule has 1 heterocycles. The number of ether oxygens (including phenoxy) is 1. The van der Waals surface area contributed by atoms with Crippen LogP contribution in [0.4, 0.5) is 0 Å². The minimum absolute atomic E-state index is 0.785. The summed E-state index contributed by atoms with van der Waals surface area (Å²) in [6.07, 6.45) is 5.22. The number of methoxy groups -OCH3 is 1. The zero-order chi connectivity index (χ0) is 10.9. The second-order valence-electron chi connectivity index (χ2n) is 4.34. The fourth-order valence-corrected chi connectivity index (χ4v) is 2.29. The highest BCUT2D eigenvalue weighted by Crippen LogP contribution is 2.16. The lowest BCUT2D eigenvalue weighted by atomic mass is 10.2. The first kappa shape index (κ1) is 12.9. The summed E-state index contributed by atoms with van der Waals surface area (Å²) < 4.78 is 5.07. The Kier molecular flexibility index (Phi) is 6.98. The second kappa shape index (κ2) is 8.08. The molecular weight excluding hydrogens is 188 g/mol. The van der Waals surface area contributed by atoms with Gasteiger partial charge in [0.25, 0.3) is 0 Å². The van der Waals surface area contributed by atoms with E-state index in [1.54, 1.807) is 7.11 Å². The van der Waals surface area contributed by atoms with E-state index in [1.165, 1.54) is 45.3 Å². The fraction of sp³-hybridized carbons (Fsp3) is 1.00. The maximum Gasteiger partial charge on any atom is 0.0462 e. The maximum absolute atomic E-state index is 5.07. The first-order chi connectivity index (χ1) is 7.38. The van der Waals surface area contributed by atoms with Gasteiger partial charge in [0.15, 0.2) is 0 Å². The van der Waals surface area contributed by atoms with Gasteiger partial charge >= 0.3 is 0 Å². The molecule has 90 valence electrons. The van der Waals surface area contributed by atoms with Gasteiger partial charge in [0.2, 0.25) is 0 Å². The molecule has 3 heteroatoms. The number of nitrogens with one attached hydrogen (secondary N) is 1. The Morgan fingerprint density at radius 3 is 3.00 bits per heavy atom. The largest absolute Gasteiger partial charge is 0.385 e. The number of hydrogen-bond acceptors (Lipinski definition) is 3. The molecule has 0 aromatic rings. The standard InChI is InChI=1S/C12H26N2O/c1-3-13-11-12-7-6-9-14(12)8-4-5-10-15-2/h12-13H,3-11H2,1-2H3. The molecule has 0 aliphatic carbocycles. The van der Waals surface area contributed by atoms with Gasteiger partial charge in [-0.15, -0.1) is 0 Å². The number of rotatable bonds is 8. The van der Waals surface area contributed by atoms with Crippen LogP contribution in [0.1, 0.15) is 32.6 Å². The van der Waals surface area contributed by atoms with Crippen LogP contribution in [-0.4, -0.2) is 50.8 Å². The summed E-state index contributed by atoms with van der Waals surface area (Å²) in [5, 5.41) is 3.46. The van der Waals surface area contributed by atoms with Gasteiger partial charge in [0.05, 0.1) is 0 Å². The molecule has 1 N–H and O–H groups in total. The Morgan fingerprint density at radius 1 is 1.40 bits per heavy atom. The second-order valence-corrected chi connectivity index (χ2v) is 4.34. The highest BCUT2D eigenvalue weighted by atomic mass is 16.5. The summed E-state index contributed by atoms with van der Waals surface area (Å²) in [7, 11) is 1.78. The van der Waals surface area contributed by atoms with Gasteiger partial charge < -0.3 is 10.1 Å². The Hall–Kier alpha value is -0.120. The van der Waals surface area contributed by atoms with Crippen molar-refractivity contribution in [2.45, 2.75) is 38.6 Å². The van der Waals surface area contributed by atoms with Crippen LogP contribution in [0.3, 0.4) is 0 Å². The SMILES string of the molecule is CCNCC1CCCN1CCCCOC. The summed E-state index contributed by atoms with van der Waals surface area (Å²) in [5.41, 5.74) is 0. The highest BCUT2D eigenvalue weighted by molar-refractivity contribution is 4.80. The van der Waals surface area contributed by atoms with Crippen molar-refractivity contribution >= 4 is 0 Å². The van der Waals surface area contributed by atoms with Crippen molar-refractivity contribution < 1.29 is 4.74 Å². The van der Waals surface area contributed by atoms with Gasteiger partial charge in [0.1, 0.15) is 0 Å². The summed E-state index contributed by atoms with van der Waals surface area (Å²) in [4.78, 5) is 2.64. The van der Waals surface area contributed by atoms with Crippen molar-refractivity contribution in [3.8, 4) is 0 Å². The summed E-state index contributed by atoms with van der Waals surface area (Å²) >= 11 is 0. The lowest BCUT2D eigenvalue weighted by Crippen LogP contribution is -2.38. The van der Waals surface area contributed by atoms with Crippen molar-refractivity contribution in [2.75, 3.05) is 39.9 Å². The van der Waals surface area contributed by atoms with Gasteiger partial charge in [-0.1, -0.05) is 6.92 Å². The van der Waals surface area contributed by atoms with E-state index >= 15 is 0 Å². The summed E-state index contributed by atoms with van der Waals surface area (Å²) in [5.74, 6) is 0. The number of likely N-dealkylation sites (N-methyl/N-ethyl adjacent to an activating group) is 1. The number of hydrogen-bond donors (Lipinski definition) is 1. The van der Waals surface area contributed by atoms with Crippen LogP contribution < -0.4 is 5.32 Å². The van der Waals surface area contributed by atoms with E-state index in [-0.39, 0.29) is 0 Å². The van der Waals surface area contributed by atoms with Crippen LogP contribution in [-0.2, 0) is 4.74 Å². The molecule has 1 atom stereocenters. The molecule has 15 heavy (non-hydrogen) atoms. The summed E-state index contributed by atoms with van der Waals surface area (Å²) in [6.45, 7) is 7.89. The predicted octanol–water partition coefficient (Wildman–Crippen LogP) is 1.49. The molecule has 0 radical (unpaired) electrons. The van der Waals surface area contributed by atoms with E-state index in [4.69, 9.17) is 4.74 Å². The molecule has 0 amide bonds. The van der Waals surface area contributed by atoms with E-state index in [0.29, 0.717) is 0 Å². The fourth-order valence-electron chi connectivity index (χ4n) is 2.29. The molecule has 0 saturated carbocycles. The molecule has 1 aliphatic heterocycles. The third-order valence-electron chi connectivity index (χ3n) is 3.17. The Balaban J connectivity index is 2.09. The first-order valence-corrected chi connectivity index (χ1v) is 6.32. The van der Waals surface area contributed by atoms with Crippen LogP contribution in [0.5, 0.6) is 0 Å². The molecule has 0 aromatic heterocycles. The van der Waals surface area contributed by atoms with Gasteiger partial charge in [-0.2, -0.15) is 0 Å². The van der Waals surface area contributed by atoms with E-state index in [9.17, 15) is 0 Å². The molecular formula is C12H26N2O. The molecule has 0 aromatic carbocycles. The maximum atomic E-state index is 5.07. The van der Waals surface area contributed by atoms with E-state index in [2.05, 4.69) is 17.1 Å². The van der Waals surface area contributed by atoms with Crippen molar-refractivity contribution in [1.29, 1.82) is 0 Å². The molecule has 1 rings (SSSR count). The molecule has 1 aliphatic rings. The van der Waals surface area contributed by atoms with Crippen LogP contribution in [0.25, 0.3) is 0 Å². The summed E-state index contributed by atoms with van der Waals surface area (Å²) in [6, 6.07) is 0.785. The Labute approximate surface area is 94.2 Å². The van der Waals surface area contributed by atoms with Crippen LogP contribution >= 0.6 is 0 Å². The molecule has 3 nitrogen and oxygen atoms in total. The molecule has 1 saturated heterocycles. The number of nitrogens with zero attached hydrogens (tertiary/aromatic N) is 1. The predicted molar refractivity (Wildman–Crippen MR) is 64.2 cm³/mol. The highest BCUT2D eigenvalue weighted by Gasteiger charge is 2.22. The monoisotopic (exact) mass is 214 g/mol. The number of likely N-dealkylation sites (tertiary alicyclic amines) is 1. The van der Waals surface area contributed by atoms with Crippen LogP contribution in [0.2, 0.25) is 0 Å². The minimum atomic E-state index is 0.785. The molecule has 0 bridgehead atoms. The smallest absolute Gasteiger partial charge is 0.0462 e. The van der Waals surface area contributed by atoms with Crippen molar-refractivity contribution in [3.63, 3.8) is 0 Å². The third-order valence-corrected chi connectivity index (χ3v) is 3.17. The quantitative estimate of drug-likeness (QED) is 0.620. The van der Waals surface area contributed by atoms with Crippen molar-refractivity contribution in [1.82, 2.24) is 10.2 Å². The topological polar surface area (TPSA) is 24.5 Å². The van der Waals surface area contributed by atoms with Gasteiger partial charge in [0, 0.05) is 26.3 Å². The normalized spacial score (nSPS) is 22.4. The Bertz CT molecular complexity index is 153. The van der Waals surface area contributed by atoms with Crippen molar-refractivity contribution in [3.05, 3.63) is 0 Å². The average molecular weight is 214 g/mol. The van der Waals surface area contributed by atoms with Gasteiger partial charge in [-0.25, -0.2) is 0 Å². The third kappa shape index (κ3) is 4.96. The van der Waals surface area contributed by atoms with E-state index in [0.717, 1.165) is 19.2 Å². The van der Waals surface area contributed by atoms with Crippen molar-refractivity contribution in [2.24, 2.45) is 0 Å². The van der Waals surface area contributed by atoms with Gasteiger partial charge in [-0.05, 0) is 45.3 Å². The first-order valence-electron chi connectivity index (χ1n) is 6.32. The average Bonchev–Trinajstić information content (AvgIpc) is 2.69. The van der Waals surface area contributed by atoms with E-state index < -0.39 is 0 Å². The number of unbranched alkanes of at least 4 members (excludes halogenated alkanes) is 1. The Morgan fingerprint density at radius 2 is 2.27 bits per heavy atom. The minimum Gasteiger partial charge on any atom is -0.385 e. The van der Waals surface area contributed by atoms with Crippen LogP contribution in [0, 0.1) is 0 Å². The van der Waals surface area contributed by atoms with Gasteiger partial charge in [-0.3, -0.25) is 4.90 Å². The van der Waals surface area contributed by atoms with E-state index in [1.807, 2.05) is 0 Å². The lowest BCUT2D eigenvalue weighted by molar-refractivity contribution is 0.180.